The number of benzene rings is 2. The highest BCUT2D eigenvalue weighted by atomic mass is 16.5. The molecule has 0 aliphatic carbocycles. The summed E-state index contributed by atoms with van der Waals surface area (Å²) in [7, 11) is 0. The van der Waals surface area contributed by atoms with Crippen molar-refractivity contribution >= 4 is 6.29 Å². The van der Waals surface area contributed by atoms with Gasteiger partial charge >= 0.3 is 0 Å². The minimum absolute atomic E-state index is 0.162. The van der Waals surface area contributed by atoms with E-state index in [1.165, 1.54) is 0 Å². The maximum Gasteiger partial charge on any atom is 0.150 e. The molecule has 19 heavy (non-hydrogen) atoms. The molecule has 0 unspecified atom stereocenters. The SMILES string of the molecule is Cc1ccc(C=O)c(-c2ccc(OC(C)C)cc2)c1. The van der Waals surface area contributed by atoms with Crippen LogP contribution in [-0.2, 0) is 0 Å². The monoisotopic (exact) mass is 254 g/mol. The first kappa shape index (κ1) is 13.3. The number of carbonyl (C=O) groups excluding carboxylic acids is 1. The Hall–Kier alpha value is -2.09. The number of aldehydes is 1. The van der Waals surface area contributed by atoms with E-state index in [0.717, 1.165) is 28.7 Å². The van der Waals surface area contributed by atoms with Crippen molar-refractivity contribution in [1.29, 1.82) is 0 Å². The van der Waals surface area contributed by atoms with Crippen LogP contribution >= 0.6 is 0 Å². The molecule has 0 atom stereocenters. The van der Waals surface area contributed by atoms with Crippen LogP contribution in [0, 0.1) is 6.92 Å². The Bertz CT molecular complexity index is 568. The average Bonchev–Trinajstić information content (AvgIpc) is 2.39. The minimum Gasteiger partial charge on any atom is -0.491 e. The Morgan fingerprint density at radius 2 is 1.74 bits per heavy atom. The summed E-state index contributed by atoms with van der Waals surface area (Å²) >= 11 is 0. The van der Waals surface area contributed by atoms with Gasteiger partial charge in [0.15, 0.2) is 6.29 Å². The van der Waals surface area contributed by atoms with Crippen molar-refractivity contribution in [3.8, 4) is 16.9 Å². The zero-order valence-corrected chi connectivity index (χ0v) is 11.5. The summed E-state index contributed by atoms with van der Waals surface area (Å²) in [6.07, 6.45) is 1.06. The third-order valence-corrected chi connectivity index (χ3v) is 2.87. The Kier molecular flexibility index (Phi) is 4.00. The average molecular weight is 254 g/mol. The van der Waals surface area contributed by atoms with E-state index < -0.39 is 0 Å². The van der Waals surface area contributed by atoms with Gasteiger partial charge in [-0.2, -0.15) is 0 Å². The topological polar surface area (TPSA) is 26.3 Å². The van der Waals surface area contributed by atoms with E-state index in [-0.39, 0.29) is 6.10 Å². The molecule has 0 saturated carbocycles. The summed E-state index contributed by atoms with van der Waals surface area (Å²) in [5.41, 5.74) is 3.85. The van der Waals surface area contributed by atoms with Gasteiger partial charge in [-0.3, -0.25) is 4.79 Å². The van der Waals surface area contributed by atoms with Crippen molar-refractivity contribution in [2.24, 2.45) is 0 Å². The molecule has 0 heterocycles. The summed E-state index contributed by atoms with van der Waals surface area (Å²) in [6, 6.07) is 13.7. The van der Waals surface area contributed by atoms with Gasteiger partial charge in [-0.15, -0.1) is 0 Å². The molecule has 2 heteroatoms. The maximum absolute atomic E-state index is 11.1. The quantitative estimate of drug-likeness (QED) is 0.762. The second-order valence-electron chi connectivity index (χ2n) is 4.90. The number of aryl methyl sites for hydroxylation is 1. The standard InChI is InChI=1S/C17H18O2/c1-12(2)19-16-8-6-14(7-9-16)17-10-13(3)4-5-15(17)11-18/h4-12H,1-3H3. The molecule has 0 spiro atoms. The molecule has 0 aliphatic rings. The van der Waals surface area contributed by atoms with Crippen LogP contribution in [0.3, 0.4) is 0 Å². The smallest absolute Gasteiger partial charge is 0.150 e. The summed E-state index contributed by atoms with van der Waals surface area (Å²) < 4.78 is 5.62. The number of rotatable bonds is 4. The Morgan fingerprint density at radius 1 is 1.05 bits per heavy atom. The third kappa shape index (κ3) is 3.22. The molecule has 0 fully saturated rings. The van der Waals surface area contributed by atoms with Crippen LogP contribution in [0.4, 0.5) is 0 Å². The molecule has 2 nitrogen and oxygen atoms in total. The first-order chi connectivity index (χ1) is 9.10. The lowest BCUT2D eigenvalue weighted by atomic mass is 9.98. The van der Waals surface area contributed by atoms with Gasteiger partial charge in [0.05, 0.1) is 6.10 Å². The van der Waals surface area contributed by atoms with Gasteiger partial charge in [-0.25, -0.2) is 0 Å². The summed E-state index contributed by atoms with van der Waals surface area (Å²) in [6.45, 7) is 6.02. The fourth-order valence-electron chi connectivity index (χ4n) is 2.01. The summed E-state index contributed by atoms with van der Waals surface area (Å²) in [5.74, 6) is 0.846. The number of hydrogen-bond acceptors (Lipinski definition) is 2. The normalized spacial score (nSPS) is 10.5. The lowest BCUT2D eigenvalue weighted by molar-refractivity contribution is 0.112. The highest BCUT2D eigenvalue weighted by Crippen LogP contribution is 2.26. The Labute approximate surface area is 114 Å². The first-order valence-electron chi connectivity index (χ1n) is 6.43. The fraction of sp³-hybridized carbons (Fsp3) is 0.235. The van der Waals surface area contributed by atoms with Crippen molar-refractivity contribution in [3.05, 3.63) is 53.6 Å². The molecule has 2 rings (SSSR count). The lowest BCUT2D eigenvalue weighted by Gasteiger charge is -2.11. The largest absolute Gasteiger partial charge is 0.491 e. The summed E-state index contributed by atoms with van der Waals surface area (Å²) in [4.78, 5) is 11.1. The van der Waals surface area contributed by atoms with Crippen LogP contribution in [0.25, 0.3) is 11.1 Å². The number of hydrogen-bond donors (Lipinski definition) is 0. The highest BCUT2D eigenvalue weighted by Gasteiger charge is 2.05. The van der Waals surface area contributed by atoms with E-state index in [2.05, 4.69) is 0 Å². The van der Waals surface area contributed by atoms with E-state index in [4.69, 9.17) is 4.74 Å². The Morgan fingerprint density at radius 3 is 2.32 bits per heavy atom. The van der Waals surface area contributed by atoms with E-state index in [0.29, 0.717) is 5.56 Å². The van der Waals surface area contributed by atoms with E-state index in [9.17, 15) is 4.79 Å². The molecule has 0 aromatic heterocycles. The highest BCUT2D eigenvalue weighted by molar-refractivity contribution is 5.87. The second-order valence-corrected chi connectivity index (χ2v) is 4.90. The number of carbonyl (C=O) groups is 1. The third-order valence-electron chi connectivity index (χ3n) is 2.87. The van der Waals surface area contributed by atoms with E-state index >= 15 is 0 Å². The van der Waals surface area contributed by atoms with Crippen molar-refractivity contribution in [2.75, 3.05) is 0 Å². The van der Waals surface area contributed by atoms with Gasteiger partial charge in [0.1, 0.15) is 5.75 Å². The molecule has 2 aromatic carbocycles. The molecule has 0 N–H and O–H groups in total. The predicted octanol–water partition coefficient (Wildman–Crippen LogP) is 4.26. The van der Waals surface area contributed by atoms with Crippen molar-refractivity contribution in [2.45, 2.75) is 26.9 Å². The lowest BCUT2D eigenvalue weighted by Crippen LogP contribution is -2.05. The molecular weight excluding hydrogens is 236 g/mol. The van der Waals surface area contributed by atoms with Crippen LogP contribution in [0.5, 0.6) is 5.75 Å². The first-order valence-corrected chi connectivity index (χ1v) is 6.43. The second kappa shape index (κ2) is 5.70. The molecule has 0 bridgehead atoms. The van der Waals surface area contributed by atoms with Crippen molar-refractivity contribution < 1.29 is 9.53 Å². The maximum atomic E-state index is 11.1. The van der Waals surface area contributed by atoms with Crippen LogP contribution < -0.4 is 4.74 Å². The van der Waals surface area contributed by atoms with Gasteiger partial charge in [0.25, 0.3) is 0 Å². The zero-order chi connectivity index (χ0) is 13.8. The van der Waals surface area contributed by atoms with Crippen LogP contribution in [0.1, 0.15) is 29.8 Å². The minimum atomic E-state index is 0.162. The molecule has 0 saturated heterocycles. The van der Waals surface area contributed by atoms with Crippen LogP contribution in [-0.4, -0.2) is 12.4 Å². The van der Waals surface area contributed by atoms with E-state index in [1.54, 1.807) is 0 Å². The van der Waals surface area contributed by atoms with Gasteiger partial charge in [-0.05, 0) is 44.0 Å². The zero-order valence-electron chi connectivity index (χ0n) is 11.5. The molecule has 2 aromatic rings. The van der Waals surface area contributed by atoms with Crippen LogP contribution in [0.2, 0.25) is 0 Å². The summed E-state index contributed by atoms with van der Waals surface area (Å²) in [5, 5.41) is 0. The van der Waals surface area contributed by atoms with Crippen molar-refractivity contribution in [1.82, 2.24) is 0 Å². The van der Waals surface area contributed by atoms with Gasteiger partial charge in [0, 0.05) is 5.56 Å². The van der Waals surface area contributed by atoms with Gasteiger partial charge in [0.2, 0.25) is 0 Å². The van der Waals surface area contributed by atoms with Crippen molar-refractivity contribution in [3.63, 3.8) is 0 Å². The molecule has 0 aliphatic heterocycles. The van der Waals surface area contributed by atoms with Gasteiger partial charge in [-0.1, -0.05) is 35.9 Å². The molecule has 98 valence electrons. The molecule has 0 radical (unpaired) electrons. The van der Waals surface area contributed by atoms with Gasteiger partial charge < -0.3 is 4.74 Å². The molecule has 0 amide bonds. The fourth-order valence-corrected chi connectivity index (χ4v) is 2.01. The predicted molar refractivity (Wildman–Crippen MR) is 77.8 cm³/mol. The Balaban J connectivity index is 2.36. The number of ether oxygens (including phenoxy) is 1. The molecular formula is C17H18O2. The van der Waals surface area contributed by atoms with E-state index in [1.807, 2.05) is 63.2 Å². The van der Waals surface area contributed by atoms with Crippen LogP contribution in [0.15, 0.2) is 42.5 Å².